The van der Waals surface area contributed by atoms with E-state index in [4.69, 9.17) is 17.3 Å². The number of hydrogen-bond acceptors (Lipinski definition) is 3. The van der Waals surface area contributed by atoms with Crippen LogP contribution in [0.3, 0.4) is 0 Å². The molecule has 0 aliphatic heterocycles. The second kappa shape index (κ2) is 4.62. The number of primary amides is 1. The highest BCUT2D eigenvalue weighted by Gasteiger charge is 2.11. The molecule has 0 spiro atoms. The van der Waals surface area contributed by atoms with Crippen molar-refractivity contribution in [2.45, 2.75) is 0 Å². The number of hydrogen-bond donors (Lipinski definition) is 1. The second-order valence-corrected chi connectivity index (χ2v) is 2.74. The molecule has 1 aromatic carbocycles. The first-order valence-corrected chi connectivity index (χ1v) is 4.34. The van der Waals surface area contributed by atoms with Crippen LogP contribution in [0.2, 0.25) is 0 Å². The smallest absolute Gasteiger partial charge is 0.409 e. The molecule has 0 aliphatic carbocycles. The van der Waals surface area contributed by atoms with E-state index in [-0.39, 0.29) is 23.0 Å². The van der Waals surface area contributed by atoms with Crippen LogP contribution in [0.25, 0.3) is 0 Å². The van der Waals surface area contributed by atoms with Gasteiger partial charge in [0.25, 0.3) is 0 Å². The monoisotopic (exact) mass is 213 g/mol. The van der Waals surface area contributed by atoms with E-state index < -0.39 is 6.09 Å². The third kappa shape index (κ3) is 2.47. The van der Waals surface area contributed by atoms with Gasteiger partial charge in [0.2, 0.25) is 0 Å². The molecule has 0 radical (unpaired) electrons. The number of amides is 1. The molecule has 14 heavy (non-hydrogen) atoms. The number of halogens is 1. The van der Waals surface area contributed by atoms with Crippen LogP contribution in [0.1, 0.15) is 10.4 Å². The van der Waals surface area contributed by atoms with Crippen LogP contribution in [-0.2, 0) is 0 Å². The van der Waals surface area contributed by atoms with Crippen LogP contribution in [0.4, 0.5) is 4.79 Å². The third-order valence-electron chi connectivity index (χ3n) is 1.52. The van der Waals surface area contributed by atoms with Crippen molar-refractivity contribution in [2.75, 3.05) is 5.88 Å². The summed E-state index contributed by atoms with van der Waals surface area (Å²) in [5, 5.41) is 0. The predicted octanol–water partition coefficient (Wildman–Crippen LogP) is 1.57. The number of rotatable bonds is 3. The van der Waals surface area contributed by atoms with Crippen molar-refractivity contribution in [1.29, 1.82) is 0 Å². The molecule has 0 bridgehead atoms. The van der Waals surface area contributed by atoms with Gasteiger partial charge in [-0.25, -0.2) is 4.79 Å². The van der Waals surface area contributed by atoms with Gasteiger partial charge in [-0.3, -0.25) is 4.79 Å². The van der Waals surface area contributed by atoms with Crippen LogP contribution in [0.15, 0.2) is 24.3 Å². The van der Waals surface area contributed by atoms with Gasteiger partial charge >= 0.3 is 6.09 Å². The first kappa shape index (κ1) is 10.5. The summed E-state index contributed by atoms with van der Waals surface area (Å²) < 4.78 is 4.63. The number of ketones is 1. The Labute approximate surface area is 85.6 Å². The number of alkyl halides is 1. The zero-order chi connectivity index (χ0) is 10.6. The molecule has 5 heteroatoms. The molecule has 0 unspecified atom stereocenters. The second-order valence-electron chi connectivity index (χ2n) is 2.47. The molecule has 0 heterocycles. The first-order chi connectivity index (χ1) is 6.65. The molecule has 74 valence electrons. The quantitative estimate of drug-likeness (QED) is 0.612. The van der Waals surface area contributed by atoms with Crippen molar-refractivity contribution < 1.29 is 14.3 Å². The molecular weight excluding hydrogens is 206 g/mol. The van der Waals surface area contributed by atoms with E-state index in [1.165, 1.54) is 12.1 Å². The normalized spacial score (nSPS) is 9.50. The lowest BCUT2D eigenvalue weighted by Crippen LogP contribution is -2.18. The van der Waals surface area contributed by atoms with E-state index in [1.54, 1.807) is 12.1 Å². The average Bonchev–Trinajstić information content (AvgIpc) is 2.16. The highest BCUT2D eigenvalue weighted by molar-refractivity contribution is 6.30. The summed E-state index contributed by atoms with van der Waals surface area (Å²) in [4.78, 5) is 21.7. The predicted molar refractivity (Wildman–Crippen MR) is 51.7 cm³/mol. The molecule has 0 saturated carbocycles. The maximum Gasteiger partial charge on any atom is 0.409 e. The lowest BCUT2D eigenvalue weighted by molar-refractivity contribution is 0.101. The Bertz CT molecular complexity index is 365. The van der Waals surface area contributed by atoms with Gasteiger partial charge in [-0.2, -0.15) is 0 Å². The fourth-order valence-corrected chi connectivity index (χ4v) is 1.11. The van der Waals surface area contributed by atoms with Crippen molar-refractivity contribution >= 4 is 23.5 Å². The van der Waals surface area contributed by atoms with Crippen molar-refractivity contribution in [3.63, 3.8) is 0 Å². The van der Waals surface area contributed by atoms with Gasteiger partial charge < -0.3 is 10.5 Å². The molecule has 0 atom stereocenters. The van der Waals surface area contributed by atoms with E-state index in [1.807, 2.05) is 0 Å². The Morgan fingerprint density at radius 3 is 2.57 bits per heavy atom. The van der Waals surface area contributed by atoms with Crippen LogP contribution >= 0.6 is 11.6 Å². The summed E-state index contributed by atoms with van der Waals surface area (Å²) in [5.74, 6) is -0.353. The van der Waals surface area contributed by atoms with Gasteiger partial charge in [-0.05, 0) is 12.1 Å². The Morgan fingerprint density at radius 1 is 1.36 bits per heavy atom. The molecule has 0 aromatic heterocycles. The zero-order valence-corrected chi connectivity index (χ0v) is 7.95. The summed E-state index contributed by atoms with van der Waals surface area (Å²) in [5.41, 5.74) is 5.08. The van der Waals surface area contributed by atoms with Crippen LogP contribution in [0.5, 0.6) is 5.75 Å². The molecule has 1 amide bonds. The van der Waals surface area contributed by atoms with Gasteiger partial charge in [0.05, 0.1) is 11.4 Å². The Hall–Kier alpha value is -1.55. The summed E-state index contributed by atoms with van der Waals surface area (Å²) in [6.07, 6.45) is -0.958. The van der Waals surface area contributed by atoms with Gasteiger partial charge in [0.1, 0.15) is 5.75 Å². The lowest BCUT2D eigenvalue weighted by Gasteiger charge is -2.05. The average molecular weight is 214 g/mol. The Kier molecular flexibility index (Phi) is 3.48. The van der Waals surface area contributed by atoms with Gasteiger partial charge in [-0.1, -0.05) is 12.1 Å². The number of Topliss-reactive ketones (excluding diaryl/α,β-unsaturated/α-hetero) is 1. The van der Waals surface area contributed by atoms with Gasteiger partial charge in [0.15, 0.2) is 5.78 Å². The van der Waals surface area contributed by atoms with Crippen molar-refractivity contribution in [2.24, 2.45) is 5.73 Å². The minimum absolute atomic E-state index is 0.130. The van der Waals surface area contributed by atoms with Gasteiger partial charge in [-0.15, -0.1) is 11.6 Å². The molecule has 0 saturated heterocycles. The maximum absolute atomic E-state index is 11.3. The Balaban J connectivity index is 3.02. The highest BCUT2D eigenvalue weighted by Crippen LogP contribution is 2.18. The molecule has 1 aromatic rings. The van der Waals surface area contributed by atoms with Gasteiger partial charge in [0, 0.05) is 0 Å². The summed E-state index contributed by atoms with van der Waals surface area (Å²) in [6, 6.07) is 6.27. The zero-order valence-electron chi connectivity index (χ0n) is 7.20. The number of carbonyl (C=O) groups is 2. The maximum atomic E-state index is 11.3. The topological polar surface area (TPSA) is 69.4 Å². The lowest BCUT2D eigenvalue weighted by atomic mass is 10.1. The molecule has 0 aliphatic rings. The van der Waals surface area contributed by atoms with E-state index >= 15 is 0 Å². The largest absolute Gasteiger partial charge is 0.410 e. The number of benzene rings is 1. The fraction of sp³-hybridized carbons (Fsp3) is 0.111. The third-order valence-corrected chi connectivity index (χ3v) is 1.76. The number of ether oxygens (including phenoxy) is 1. The summed E-state index contributed by atoms with van der Waals surface area (Å²) >= 11 is 5.37. The van der Waals surface area contributed by atoms with Crippen LogP contribution in [-0.4, -0.2) is 17.8 Å². The fourth-order valence-electron chi connectivity index (χ4n) is 0.966. The van der Waals surface area contributed by atoms with E-state index in [0.717, 1.165) is 0 Å². The minimum Gasteiger partial charge on any atom is -0.410 e. The SMILES string of the molecule is NC(=O)Oc1ccccc1C(=O)CCl. The summed E-state index contributed by atoms with van der Waals surface area (Å²) in [6.45, 7) is 0. The van der Waals surface area contributed by atoms with Crippen LogP contribution < -0.4 is 10.5 Å². The molecule has 1 rings (SSSR count). The molecular formula is C9H8ClNO3. The van der Waals surface area contributed by atoms with Crippen molar-refractivity contribution in [3.8, 4) is 5.75 Å². The molecule has 0 fully saturated rings. The van der Waals surface area contributed by atoms with Crippen molar-refractivity contribution in [1.82, 2.24) is 0 Å². The van der Waals surface area contributed by atoms with E-state index in [0.29, 0.717) is 0 Å². The Morgan fingerprint density at radius 2 is 2.00 bits per heavy atom. The van der Waals surface area contributed by atoms with E-state index in [2.05, 4.69) is 4.74 Å². The molecule has 4 nitrogen and oxygen atoms in total. The van der Waals surface area contributed by atoms with Crippen molar-refractivity contribution in [3.05, 3.63) is 29.8 Å². The number of carbonyl (C=O) groups excluding carboxylic acids is 2. The number of nitrogens with two attached hydrogens (primary N) is 1. The highest BCUT2D eigenvalue weighted by atomic mass is 35.5. The van der Waals surface area contributed by atoms with Crippen LogP contribution in [0, 0.1) is 0 Å². The minimum atomic E-state index is -0.958. The number of para-hydroxylation sites is 1. The summed E-state index contributed by atoms with van der Waals surface area (Å²) in [7, 11) is 0. The first-order valence-electron chi connectivity index (χ1n) is 3.80. The standard InChI is InChI=1S/C9H8ClNO3/c10-5-7(12)6-3-1-2-4-8(6)14-9(11)13/h1-4H,5H2,(H2,11,13). The molecule has 2 N–H and O–H groups in total. The van der Waals surface area contributed by atoms with E-state index in [9.17, 15) is 9.59 Å².